The highest BCUT2D eigenvalue weighted by atomic mass is 16.1. The van der Waals surface area contributed by atoms with Crippen LogP contribution in [-0.4, -0.2) is 5.78 Å². The zero-order chi connectivity index (χ0) is 35.2. The molecule has 0 bridgehead atoms. The van der Waals surface area contributed by atoms with Gasteiger partial charge >= 0.3 is 0 Å². The number of hydrogen-bond acceptors (Lipinski definition) is 1. The van der Waals surface area contributed by atoms with E-state index in [1.165, 1.54) is 16.7 Å². The average molecular weight is 607 g/mol. The minimum Gasteiger partial charge on any atom is -0.289 e. The van der Waals surface area contributed by atoms with E-state index in [1.54, 1.807) is 6.08 Å². The molecular formula is C44H62O. The largest absolute Gasteiger partial charge is 0.289 e. The molecule has 2 aliphatic carbocycles. The van der Waals surface area contributed by atoms with Gasteiger partial charge in [-0.15, -0.1) is 30.4 Å². The van der Waals surface area contributed by atoms with E-state index in [4.69, 9.17) is 0 Å². The fourth-order valence-corrected chi connectivity index (χ4v) is 4.34. The Labute approximate surface area is 278 Å². The molecule has 0 saturated heterocycles. The predicted molar refractivity (Wildman–Crippen MR) is 205 cm³/mol. The molecule has 0 N–H and O–H groups in total. The highest BCUT2D eigenvalue weighted by Gasteiger charge is 2.12. The Kier molecular flexibility index (Phi) is 30.2. The van der Waals surface area contributed by atoms with Crippen molar-refractivity contribution in [2.24, 2.45) is 0 Å². The van der Waals surface area contributed by atoms with Crippen LogP contribution in [-0.2, 0) is 6.42 Å². The van der Waals surface area contributed by atoms with Crippen molar-refractivity contribution in [1.29, 1.82) is 0 Å². The van der Waals surface area contributed by atoms with Gasteiger partial charge in [-0.1, -0.05) is 111 Å². The molecule has 0 unspecified atom stereocenters. The molecule has 244 valence electrons. The quantitative estimate of drug-likeness (QED) is 0.0898. The van der Waals surface area contributed by atoms with Crippen molar-refractivity contribution in [3.63, 3.8) is 0 Å². The van der Waals surface area contributed by atoms with Crippen molar-refractivity contribution in [3.8, 4) is 0 Å². The number of benzene rings is 1. The van der Waals surface area contributed by atoms with Gasteiger partial charge in [0.2, 0.25) is 0 Å². The number of allylic oxidation sites excluding steroid dienone is 12. The fourth-order valence-electron chi connectivity index (χ4n) is 4.34. The zero-order valence-electron chi connectivity index (χ0n) is 30.6. The molecule has 0 amide bonds. The number of rotatable bonds is 9. The van der Waals surface area contributed by atoms with E-state index in [-0.39, 0.29) is 5.78 Å². The van der Waals surface area contributed by atoms with Crippen molar-refractivity contribution in [3.05, 3.63) is 160 Å². The Balaban J connectivity index is -0.00000160. The van der Waals surface area contributed by atoms with Crippen molar-refractivity contribution in [2.45, 2.75) is 108 Å². The maximum Gasteiger partial charge on any atom is 0.185 e. The smallest absolute Gasteiger partial charge is 0.185 e. The van der Waals surface area contributed by atoms with Gasteiger partial charge in [-0.3, -0.25) is 4.79 Å². The summed E-state index contributed by atoms with van der Waals surface area (Å²) in [6.07, 6.45) is 22.1. The first-order valence-corrected chi connectivity index (χ1v) is 16.8. The maximum atomic E-state index is 12.9. The molecule has 2 aliphatic rings. The van der Waals surface area contributed by atoms with Crippen molar-refractivity contribution in [2.75, 3.05) is 0 Å². The lowest BCUT2D eigenvalue weighted by Gasteiger charge is -2.10. The Morgan fingerprint density at radius 2 is 1.62 bits per heavy atom. The Bertz CT molecular complexity index is 1340. The fraction of sp³-hybridized carbons (Fsp3) is 0.364. The van der Waals surface area contributed by atoms with E-state index < -0.39 is 0 Å². The van der Waals surface area contributed by atoms with Gasteiger partial charge in [0.25, 0.3) is 0 Å². The molecule has 0 saturated carbocycles. The second-order valence-corrected chi connectivity index (χ2v) is 8.96. The number of ketones is 1. The average Bonchev–Trinajstić information content (AvgIpc) is 3.50. The Hall–Kier alpha value is -4.11. The Morgan fingerprint density at radius 3 is 2.22 bits per heavy atom. The van der Waals surface area contributed by atoms with Gasteiger partial charge in [0.1, 0.15) is 0 Å². The highest BCUT2D eigenvalue weighted by Crippen LogP contribution is 2.28. The molecule has 0 aliphatic heterocycles. The molecule has 0 spiro atoms. The third-order valence-electron chi connectivity index (χ3n) is 6.29. The summed E-state index contributed by atoms with van der Waals surface area (Å²) < 4.78 is 0. The highest BCUT2D eigenvalue weighted by molar-refractivity contribution is 6.05. The molecule has 0 radical (unpaired) electrons. The van der Waals surface area contributed by atoms with Crippen molar-refractivity contribution < 1.29 is 4.79 Å². The molecule has 1 heteroatoms. The normalized spacial score (nSPS) is 12.0. The van der Waals surface area contributed by atoms with E-state index in [1.807, 2.05) is 98.8 Å². The predicted octanol–water partition coefficient (Wildman–Crippen LogP) is 13.6. The second kappa shape index (κ2) is 29.9. The van der Waals surface area contributed by atoms with E-state index in [9.17, 15) is 4.79 Å². The molecule has 0 atom stereocenters. The minimum absolute atomic E-state index is 0.0595. The van der Waals surface area contributed by atoms with Gasteiger partial charge in [-0.05, 0) is 110 Å². The number of carbonyl (C=O) groups is 1. The molecular weight excluding hydrogens is 544 g/mol. The number of aryl methyl sites for hydroxylation is 3. The van der Waals surface area contributed by atoms with E-state index >= 15 is 0 Å². The van der Waals surface area contributed by atoms with Gasteiger partial charge in [-0.25, -0.2) is 0 Å². The van der Waals surface area contributed by atoms with Crippen LogP contribution in [0.15, 0.2) is 138 Å². The molecule has 1 aromatic rings. The summed E-state index contributed by atoms with van der Waals surface area (Å²) >= 11 is 0. The summed E-state index contributed by atoms with van der Waals surface area (Å²) in [6.45, 7) is 36.5. The lowest BCUT2D eigenvalue weighted by Crippen LogP contribution is -2.01. The van der Waals surface area contributed by atoms with Crippen LogP contribution in [0, 0.1) is 13.8 Å². The summed E-state index contributed by atoms with van der Waals surface area (Å²) in [4.78, 5) is 12.9. The zero-order valence-corrected chi connectivity index (χ0v) is 30.6. The van der Waals surface area contributed by atoms with Gasteiger partial charge in [0.05, 0.1) is 0 Å². The molecule has 0 heterocycles. The minimum atomic E-state index is 0.0595. The SMILES string of the molecule is C=C.C=C=C(C(=C)CC1=CC=CC=C=C1)C1=C=CCCC(C/C=C/C(=O)c2cc(C)c(CC)cc2C)=C1.CC.CC.CC.CC. The monoisotopic (exact) mass is 606 g/mol. The third-order valence-corrected chi connectivity index (χ3v) is 6.29. The molecule has 45 heavy (non-hydrogen) atoms. The van der Waals surface area contributed by atoms with Crippen LogP contribution in [0.3, 0.4) is 0 Å². The van der Waals surface area contributed by atoms with Gasteiger partial charge < -0.3 is 0 Å². The van der Waals surface area contributed by atoms with Crippen LogP contribution < -0.4 is 0 Å². The van der Waals surface area contributed by atoms with Crippen LogP contribution in [0.4, 0.5) is 0 Å². The number of hydrogen-bond donors (Lipinski definition) is 0. The molecule has 0 aromatic heterocycles. The summed E-state index contributed by atoms with van der Waals surface area (Å²) in [6, 6.07) is 4.16. The molecule has 3 rings (SSSR count). The van der Waals surface area contributed by atoms with Gasteiger partial charge in [-0.2, -0.15) is 0 Å². The summed E-state index contributed by atoms with van der Waals surface area (Å²) in [5.41, 5.74) is 19.1. The van der Waals surface area contributed by atoms with Crippen LogP contribution in [0.2, 0.25) is 0 Å². The first kappa shape index (κ1) is 45.3. The van der Waals surface area contributed by atoms with E-state index in [0.717, 1.165) is 59.1 Å². The first-order valence-electron chi connectivity index (χ1n) is 16.8. The van der Waals surface area contributed by atoms with Gasteiger partial charge in [0, 0.05) is 16.7 Å². The summed E-state index contributed by atoms with van der Waals surface area (Å²) in [5.74, 6) is 0.0595. The maximum absolute atomic E-state index is 12.9. The summed E-state index contributed by atoms with van der Waals surface area (Å²) in [5, 5.41) is 0. The van der Waals surface area contributed by atoms with E-state index in [0.29, 0.717) is 6.42 Å². The van der Waals surface area contributed by atoms with Crippen LogP contribution in [0.5, 0.6) is 0 Å². The van der Waals surface area contributed by atoms with Crippen LogP contribution in [0.25, 0.3) is 0 Å². The lowest BCUT2D eigenvalue weighted by atomic mass is 9.93. The molecule has 1 aromatic carbocycles. The van der Waals surface area contributed by atoms with Crippen LogP contribution in [0.1, 0.15) is 115 Å². The lowest BCUT2D eigenvalue weighted by molar-refractivity contribution is 0.104. The second-order valence-electron chi connectivity index (χ2n) is 8.96. The Morgan fingerprint density at radius 1 is 0.978 bits per heavy atom. The number of carbonyl (C=O) groups excluding carboxylic acids is 1. The third kappa shape index (κ3) is 17.1. The molecule has 1 nitrogen and oxygen atoms in total. The van der Waals surface area contributed by atoms with E-state index in [2.05, 4.69) is 81.7 Å². The standard InChI is InChI=1S/C34H34O.4C2H6.C2H4/c1-6-30-22-27(5)33(23-25(30)3)34(35)20-14-18-29-17-12-13-19-31(24-29)32(7-2)26(4)21-28-15-10-8-9-11-16-28;5*1-2/h8-10,13-16,20,22-24H,2,4,6,12,17-18,21H2,1,3,5H3;4*1-2H3;1-2H2/b20-14+;;;;;. The van der Waals surface area contributed by atoms with Gasteiger partial charge in [0.15, 0.2) is 5.78 Å². The van der Waals surface area contributed by atoms with Crippen molar-refractivity contribution in [1.82, 2.24) is 0 Å². The molecule has 0 fully saturated rings. The topological polar surface area (TPSA) is 17.1 Å². The first-order chi connectivity index (χ1) is 21.9. The van der Waals surface area contributed by atoms with Crippen molar-refractivity contribution >= 4 is 5.78 Å². The van der Waals surface area contributed by atoms with Crippen LogP contribution >= 0.6 is 0 Å². The summed E-state index contributed by atoms with van der Waals surface area (Å²) in [7, 11) is 0.